The van der Waals surface area contributed by atoms with E-state index in [4.69, 9.17) is 0 Å². The monoisotopic (exact) mass is 284 g/mol. The number of hydrogen-bond donors (Lipinski definition) is 1. The summed E-state index contributed by atoms with van der Waals surface area (Å²) in [6, 6.07) is 8.18. The lowest BCUT2D eigenvalue weighted by Crippen LogP contribution is -1.91. The van der Waals surface area contributed by atoms with Crippen molar-refractivity contribution in [2.24, 2.45) is 0 Å². The first kappa shape index (κ1) is 8.74. The number of nitrogens with one attached hydrogen (secondary N) is 1. The molecule has 0 unspecified atom stereocenters. The van der Waals surface area contributed by atoms with Crippen molar-refractivity contribution in [3.8, 4) is 0 Å². The number of nitrogens with zero attached hydrogens (tertiary/aromatic N) is 1. The minimum absolute atomic E-state index is 1.06. The predicted molar refractivity (Wildman–Crippen MR) is 64.0 cm³/mol. The van der Waals surface area contributed by atoms with Crippen LogP contribution in [0.25, 0.3) is 10.9 Å². The highest BCUT2D eigenvalue weighted by Gasteiger charge is 2.01. The summed E-state index contributed by atoms with van der Waals surface area (Å²) in [5.41, 5.74) is 2.19. The van der Waals surface area contributed by atoms with Crippen LogP contribution < -0.4 is 5.32 Å². The zero-order valence-electron chi connectivity index (χ0n) is 7.21. The second kappa shape index (κ2) is 3.49. The van der Waals surface area contributed by atoms with Gasteiger partial charge in [0.25, 0.3) is 0 Å². The lowest BCUT2D eigenvalue weighted by molar-refractivity contribution is 1.38. The molecule has 0 amide bonds. The molecule has 1 aromatic heterocycles. The van der Waals surface area contributed by atoms with Gasteiger partial charge in [-0.3, -0.25) is 4.98 Å². The van der Waals surface area contributed by atoms with Gasteiger partial charge in [0.1, 0.15) is 0 Å². The molecule has 0 aliphatic rings. The zero-order valence-corrected chi connectivity index (χ0v) is 9.37. The lowest BCUT2D eigenvalue weighted by atomic mass is 10.2. The molecule has 0 fully saturated rings. The van der Waals surface area contributed by atoms with Gasteiger partial charge in [-0.2, -0.15) is 0 Å². The van der Waals surface area contributed by atoms with Gasteiger partial charge >= 0.3 is 0 Å². The molecule has 0 bridgehead atoms. The molecule has 2 aromatic rings. The molecule has 0 spiro atoms. The molecule has 0 radical (unpaired) electrons. The molecule has 2 rings (SSSR count). The number of aromatic nitrogens is 1. The Kier molecular flexibility index (Phi) is 2.35. The lowest BCUT2D eigenvalue weighted by Gasteiger charge is -2.05. The SMILES string of the molecule is CNc1ccnc2c(I)cccc12. The highest BCUT2D eigenvalue weighted by molar-refractivity contribution is 14.1. The summed E-state index contributed by atoms with van der Waals surface area (Å²) in [6.45, 7) is 0. The Hall–Kier alpha value is -0.840. The third-order valence-corrected chi connectivity index (χ3v) is 2.86. The van der Waals surface area contributed by atoms with E-state index in [1.165, 1.54) is 8.96 Å². The molecule has 2 nitrogen and oxygen atoms in total. The Morgan fingerprint density at radius 2 is 2.15 bits per heavy atom. The fourth-order valence-corrected chi connectivity index (χ4v) is 2.00. The number of para-hydroxylation sites is 1. The minimum atomic E-state index is 1.06. The van der Waals surface area contributed by atoms with Gasteiger partial charge in [0, 0.05) is 27.9 Å². The molecule has 0 atom stereocenters. The first-order chi connectivity index (χ1) is 6.33. The molecular weight excluding hydrogens is 275 g/mol. The average Bonchev–Trinajstić information content (AvgIpc) is 2.18. The number of halogens is 1. The second-order valence-electron chi connectivity index (χ2n) is 2.74. The summed E-state index contributed by atoms with van der Waals surface area (Å²) in [6.07, 6.45) is 1.83. The van der Waals surface area contributed by atoms with Crippen LogP contribution in [0.1, 0.15) is 0 Å². The highest BCUT2D eigenvalue weighted by Crippen LogP contribution is 2.24. The molecule has 13 heavy (non-hydrogen) atoms. The predicted octanol–water partition coefficient (Wildman–Crippen LogP) is 2.88. The highest BCUT2D eigenvalue weighted by atomic mass is 127. The smallest absolute Gasteiger partial charge is 0.0856 e. The first-order valence-corrected chi connectivity index (χ1v) is 5.12. The van der Waals surface area contributed by atoms with Crippen molar-refractivity contribution in [1.82, 2.24) is 4.98 Å². The maximum absolute atomic E-state index is 4.34. The number of pyridine rings is 1. The first-order valence-electron chi connectivity index (χ1n) is 4.04. The second-order valence-corrected chi connectivity index (χ2v) is 3.91. The van der Waals surface area contributed by atoms with E-state index >= 15 is 0 Å². The summed E-state index contributed by atoms with van der Waals surface area (Å²) < 4.78 is 1.19. The van der Waals surface area contributed by atoms with E-state index in [9.17, 15) is 0 Å². The molecule has 0 aliphatic heterocycles. The summed E-state index contributed by atoms with van der Waals surface area (Å²) in [4.78, 5) is 4.34. The maximum atomic E-state index is 4.34. The van der Waals surface area contributed by atoms with E-state index in [1.54, 1.807) is 0 Å². The van der Waals surface area contributed by atoms with Gasteiger partial charge < -0.3 is 5.32 Å². The minimum Gasteiger partial charge on any atom is -0.388 e. The van der Waals surface area contributed by atoms with Crippen molar-refractivity contribution in [3.05, 3.63) is 34.0 Å². The van der Waals surface area contributed by atoms with E-state index in [0.29, 0.717) is 0 Å². The Morgan fingerprint density at radius 3 is 2.92 bits per heavy atom. The third kappa shape index (κ3) is 1.48. The van der Waals surface area contributed by atoms with E-state index in [0.717, 1.165) is 11.2 Å². The maximum Gasteiger partial charge on any atom is 0.0856 e. The summed E-state index contributed by atoms with van der Waals surface area (Å²) in [7, 11) is 1.93. The van der Waals surface area contributed by atoms with Crippen LogP contribution in [0.4, 0.5) is 5.69 Å². The molecule has 1 aromatic carbocycles. The van der Waals surface area contributed by atoms with Gasteiger partial charge in [-0.1, -0.05) is 12.1 Å². The standard InChI is InChI=1S/C10H9IN2/c1-12-9-5-6-13-10-7(9)3-2-4-8(10)11/h2-6H,1H3,(H,12,13). The molecule has 66 valence electrons. The molecule has 3 heteroatoms. The van der Waals surface area contributed by atoms with Crippen molar-refractivity contribution in [3.63, 3.8) is 0 Å². The quantitative estimate of drug-likeness (QED) is 0.814. The van der Waals surface area contributed by atoms with Gasteiger partial charge in [-0.15, -0.1) is 0 Å². The van der Waals surface area contributed by atoms with Crippen LogP contribution in [-0.4, -0.2) is 12.0 Å². The van der Waals surface area contributed by atoms with E-state index in [-0.39, 0.29) is 0 Å². The van der Waals surface area contributed by atoms with Crippen molar-refractivity contribution in [2.45, 2.75) is 0 Å². The Bertz CT molecular complexity index is 440. The fourth-order valence-electron chi connectivity index (χ4n) is 1.36. The largest absolute Gasteiger partial charge is 0.388 e. The number of hydrogen-bond acceptors (Lipinski definition) is 2. The van der Waals surface area contributed by atoms with Crippen LogP contribution >= 0.6 is 22.6 Å². The average molecular weight is 284 g/mol. The fraction of sp³-hybridized carbons (Fsp3) is 0.100. The zero-order chi connectivity index (χ0) is 9.26. The molecule has 0 saturated heterocycles. The summed E-state index contributed by atoms with van der Waals surface area (Å²) in [5, 5.41) is 4.33. The number of rotatable bonds is 1. The van der Waals surface area contributed by atoms with Crippen LogP contribution in [-0.2, 0) is 0 Å². The van der Waals surface area contributed by atoms with Crippen molar-refractivity contribution in [1.29, 1.82) is 0 Å². The number of fused-ring (bicyclic) bond motifs is 1. The van der Waals surface area contributed by atoms with E-state index in [2.05, 4.69) is 45.0 Å². The Balaban J connectivity index is 2.84. The molecule has 1 N–H and O–H groups in total. The number of benzene rings is 1. The van der Waals surface area contributed by atoms with Gasteiger partial charge in [-0.25, -0.2) is 0 Å². The Morgan fingerprint density at radius 1 is 1.31 bits per heavy atom. The molecular formula is C10H9IN2. The van der Waals surface area contributed by atoms with Crippen molar-refractivity contribution < 1.29 is 0 Å². The van der Waals surface area contributed by atoms with Crippen molar-refractivity contribution >= 4 is 39.2 Å². The Labute approximate surface area is 90.5 Å². The van der Waals surface area contributed by atoms with Crippen LogP contribution in [0, 0.1) is 3.57 Å². The van der Waals surface area contributed by atoms with Crippen LogP contribution in [0.3, 0.4) is 0 Å². The number of anilines is 1. The van der Waals surface area contributed by atoms with Crippen LogP contribution in [0.2, 0.25) is 0 Å². The third-order valence-electron chi connectivity index (χ3n) is 1.99. The molecule has 0 aliphatic carbocycles. The molecule has 1 heterocycles. The summed E-state index contributed by atoms with van der Waals surface area (Å²) in [5.74, 6) is 0. The van der Waals surface area contributed by atoms with Gasteiger partial charge in [-0.05, 0) is 34.7 Å². The van der Waals surface area contributed by atoms with Crippen LogP contribution in [0.15, 0.2) is 30.5 Å². The van der Waals surface area contributed by atoms with Gasteiger partial charge in [0.05, 0.1) is 5.52 Å². The van der Waals surface area contributed by atoms with E-state index < -0.39 is 0 Å². The van der Waals surface area contributed by atoms with Crippen LogP contribution in [0.5, 0.6) is 0 Å². The summed E-state index contributed by atoms with van der Waals surface area (Å²) >= 11 is 2.30. The van der Waals surface area contributed by atoms with Crippen molar-refractivity contribution in [2.75, 3.05) is 12.4 Å². The normalized spacial score (nSPS) is 10.3. The molecule has 0 saturated carbocycles. The van der Waals surface area contributed by atoms with Gasteiger partial charge in [0.2, 0.25) is 0 Å². The van der Waals surface area contributed by atoms with E-state index in [1.807, 2.05) is 25.4 Å². The van der Waals surface area contributed by atoms with Gasteiger partial charge in [0.15, 0.2) is 0 Å². The topological polar surface area (TPSA) is 24.9 Å².